The van der Waals surface area contributed by atoms with Crippen molar-refractivity contribution in [2.24, 2.45) is 5.73 Å². The number of hydrogen-bond donors (Lipinski definition) is 3. The number of carboxylic acid groups (broad SMARTS) is 1. The molecule has 1 aliphatic carbocycles. The molecule has 0 aliphatic heterocycles. The van der Waals surface area contributed by atoms with Crippen LogP contribution in [0.4, 0.5) is 5.69 Å². The summed E-state index contributed by atoms with van der Waals surface area (Å²) in [6.45, 7) is 0. The third-order valence-corrected chi connectivity index (χ3v) is 4.48. The van der Waals surface area contributed by atoms with E-state index in [2.05, 4.69) is 5.32 Å². The first-order valence-corrected chi connectivity index (χ1v) is 8.28. The van der Waals surface area contributed by atoms with Gasteiger partial charge in [-0.2, -0.15) is 11.8 Å². The second kappa shape index (κ2) is 6.49. The van der Waals surface area contributed by atoms with Crippen molar-refractivity contribution < 1.29 is 14.7 Å². The van der Waals surface area contributed by atoms with Crippen LogP contribution in [0.25, 0.3) is 0 Å². The molecule has 0 heterocycles. The third-order valence-electron chi connectivity index (χ3n) is 3.83. The molecule has 1 atom stereocenters. The van der Waals surface area contributed by atoms with E-state index in [0.717, 1.165) is 11.3 Å². The molecule has 21 heavy (non-hydrogen) atoms. The van der Waals surface area contributed by atoms with E-state index in [0.29, 0.717) is 24.9 Å². The van der Waals surface area contributed by atoms with Crippen LogP contribution in [-0.2, 0) is 15.0 Å². The standard InChI is InChI=1S/C15H20N2O3S/c1-21-9-6-12(16)13(18)17-11-4-2-10(3-5-11)15(7-8-15)14(19)20/h2-5,12H,6-9,16H2,1H3,(H,17,18)(H,19,20)/t12-/m0/s1. The highest BCUT2D eigenvalue weighted by atomic mass is 32.2. The van der Waals surface area contributed by atoms with E-state index >= 15 is 0 Å². The van der Waals surface area contributed by atoms with Gasteiger partial charge in [0.05, 0.1) is 11.5 Å². The van der Waals surface area contributed by atoms with Gasteiger partial charge >= 0.3 is 5.97 Å². The number of nitrogens with two attached hydrogens (primary N) is 1. The Morgan fingerprint density at radius 3 is 2.48 bits per heavy atom. The lowest BCUT2D eigenvalue weighted by Gasteiger charge is -2.13. The van der Waals surface area contributed by atoms with Crippen molar-refractivity contribution in [3.05, 3.63) is 29.8 Å². The molecule has 2 rings (SSSR count). The van der Waals surface area contributed by atoms with Gasteiger partial charge in [0.15, 0.2) is 0 Å². The number of amides is 1. The Labute approximate surface area is 128 Å². The molecule has 1 fully saturated rings. The molecule has 1 aliphatic rings. The van der Waals surface area contributed by atoms with E-state index in [9.17, 15) is 14.7 Å². The van der Waals surface area contributed by atoms with E-state index in [1.54, 1.807) is 36.0 Å². The third kappa shape index (κ3) is 3.57. The van der Waals surface area contributed by atoms with Gasteiger partial charge in [-0.25, -0.2) is 0 Å². The fourth-order valence-electron chi connectivity index (χ4n) is 2.23. The SMILES string of the molecule is CSCC[C@H](N)C(=O)Nc1ccc(C2(C(=O)O)CC2)cc1. The average Bonchev–Trinajstić information content (AvgIpc) is 3.27. The van der Waals surface area contributed by atoms with Gasteiger partial charge in [-0.3, -0.25) is 9.59 Å². The lowest BCUT2D eigenvalue weighted by Crippen LogP contribution is -2.36. The monoisotopic (exact) mass is 308 g/mol. The summed E-state index contributed by atoms with van der Waals surface area (Å²) in [5.41, 5.74) is 6.52. The van der Waals surface area contributed by atoms with Crippen LogP contribution in [0.15, 0.2) is 24.3 Å². The van der Waals surface area contributed by atoms with Gasteiger partial charge in [0, 0.05) is 5.69 Å². The quantitative estimate of drug-likeness (QED) is 0.714. The van der Waals surface area contributed by atoms with Crippen LogP contribution in [0, 0.1) is 0 Å². The van der Waals surface area contributed by atoms with Crippen molar-refractivity contribution in [1.29, 1.82) is 0 Å². The predicted molar refractivity (Wildman–Crippen MR) is 84.6 cm³/mol. The Hall–Kier alpha value is -1.53. The molecule has 1 amide bonds. The predicted octanol–water partition coefficient (Wildman–Crippen LogP) is 1.82. The minimum absolute atomic E-state index is 0.212. The number of benzene rings is 1. The number of carbonyl (C=O) groups is 2. The van der Waals surface area contributed by atoms with E-state index in [1.165, 1.54) is 0 Å². The normalized spacial score (nSPS) is 17.0. The molecule has 0 spiro atoms. The summed E-state index contributed by atoms with van der Waals surface area (Å²) >= 11 is 1.65. The maximum absolute atomic E-state index is 11.9. The Bertz CT molecular complexity index is 526. The van der Waals surface area contributed by atoms with Gasteiger partial charge in [0.1, 0.15) is 0 Å². The second-order valence-electron chi connectivity index (χ2n) is 5.34. The average molecular weight is 308 g/mol. The van der Waals surface area contributed by atoms with Crippen molar-refractivity contribution in [3.8, 4) is 0 Å². The highest BCUT2D eigenvalue weighted by Crippen LogP contribution is 2.48. The van der Waals surface area contributed by atoms with Gasteiger partial charge in [-0.05, 0) is 49.0 Å². The maximum atomic E-state index is 11.9. The van der Waals surface area contributed by atoms with Crippen molar-refractivity contribution in [3.63, 3.8) is 0 Å². The molecule has 4 N–H and O–H groups in total. The van der Waals surface area contributed by atoms with Crippen LogP contribution in [0.1, 0.15) is 24.8 Å². The number of thioether (sulfide) groups is 1. The zero-order chi connectivity index (χ0) is 15.5. The van der Waals surface area contributed by atoms with Gasteiger partial charge in [-0.1, -0.05) is 12.1 Å². The zero-order valence-electron chi connectivity index (χ0n) is 12.0. The summed E-state index contributed by atoms with van der Waals surface area (Å²) in [6.07, 6.45) is 3.95. The molecule has 0 aromatic heterocycles. The number of hydrogen-bond acceptors (Lipinski definition) is 4. The van der Waals surface area contributed by atoms with Crippen LogP contribution in [0.3, 0.4) is 0 Å². The van der Waals surface area contributed by atoms with E-state index in [-0.39, 0.29) is 5.91 Å². The van der Waals surface area contributed by atoms with E-state index in [4.69, 9.17) is 5.73 Å². The smallest absolute Gasteiger partial charge is 0.314 e. The molecule has 1 aromatic carbocycles. The van der Waals surface area contributed by atoms with Crippen molar-refractivity contribution in [2.45, 2.75) is 30.7 Å². The Balaban J connectivity index is 1.97. The van der Waals surface area contributed by atoms with Crippen LogP contribution >= 0.6 is 11.8 Å². The lowest BCUT2D eigenvalue weighted by molar-refractivity contribution is -0.140. The fraction of sp³-hybridized carbons (Fsp3) is 0.467. The maximum Gasteiger partial charge on any atom is 0.314 e. The number of carbonyl (C=O) groups excluding carboxylic acids is 1. The molecule has 0 saturated heterocycles. The Kier molecular flexibility index (Phi) is 4.90. The minimum atomic E-state index is -0.779. The van der Waals surface area contributed by atoms with Crippen LogP contribution < -0.4 is 11.1 Å². The molecule has 0 unspecified atom stereocenters. The van der Waals surface area contributed by atoms with Crippen LogP contribution in [0.5, 0.6) is 0 Å². The largest absolute Gasteiger partial charge is 0.481 e. The van der Waals surface area contributed by atoms with Gasteiger partial charge < -0.3 is 16.2 Å². The summed E-state index contributed by atoms with van der Waals surface area (Å²) in [7, 11) is 0. The molecule has 6 heteroatoms. The van der Waals surface area contributed by atoms with Crippen LogP contribution in [-0.4, -0.2) is 35.0 Å². The number of aliphatic carboxylic acids is 1. The highest BCUT2D eigenvalue weighted by molar-refractivity contribution is 7.98. The molecule has 5 nitrogen and oxygen atoms in total. The van der Waals surface area contributed by atoms with Gasteiger partial charge in [0.25, 0.3) is 0 Å². The molecule has 0 radical (unpaired) electrons. The second-order valence-corrected chi connectivity index (χ2v) is 6.33. The Morgan fingerprint density at radius 2 is 2.00 bits per heavy atom. The van der Waals surface area contributed by atoms with Gasteiger partial charge in [-0.15, -0.1) is 0 Å². The fourth-order valence-corrected chi connectivity index (χ4v) is 2.72. The van der Waals surface area contributed by atoms with Crippen molar-refractivity contribution in [1.82, 2.24) is 0 Å². The number of nitrogens with one attached hydrogen (secondary N) is 1. The summed E-state index contributed by atoms with van der Waals surface area (Å²) in [6, 6.07) is 6.48. The summed E-state index contributed by atoms with van der Waals surface area (Å²) < 4.78 is 0. The highest BCUT2D eigenvalue weighted by Gasteiger charge is 2.51. The molecule has 114 valence electrons. The first-order valence-electron chi connectivity index (χ1n) is 6.89. The lowest BCUT2D eigenvalue weighted by atomic mass is 9.96. The minimum Gasteiger partial charge on any atom is -0.481 e. The van der Waals surface area contributed by atoms with Crippen molar-refractivity contribution >= 4 is 29.3 Å². The van der Waals surface area contributed by atoms with Crippen molar-refractivity contribution in [2.75, 3.05) is 17.3 Å². The summed E-state index contributed by atoms with van der Waals surface area (Å²) in [4.78, 5) is 23.1. The zero-order valence-corrected chi connectivity index (χ0v) is 12.8. The molecule has 0 bridgehead atoms. The summed E-state index contributed by atoms with van der Waals surface area (Å²) in [5.74, 6) is -0.149. The molecular weight excluding hydrogens is 288 g/mol. The van der Waals surface area contributed by atoms with Crippen LogP contribution in [0.2, 0.25) is 0 Å². The Morgan fingerprint density at radius 1 is 1.38 bits per heavy atom. The van der Waals surface area contributed by atoms with E-state index < -0.39 is 17.4 Å². The molecule has 1 saturated carbocycles. The van der Waals surface area contributed by atoms with Gasteiger partial charge in [0.2, 0.25) is 5.91 Å². The number of rotatable bonds is 7. The molecule has 1 aromatic rings. The summed E-state index contributed by atoms with van der Waals surface area (Å²) in [5, 5.41) is 12.0. The number of anilines is 1. The van der Waals surface area contributed by atoms with E-state index in [1.807, 2.05) is 6.26 Å². The molecular formula is C15H20N2O3S. The topological polar surface area (TPSA) is 92.4 Å². The first kappa shape index (κ1) is 15.9. The first-order chi connectivity index (χ1) is 9.99. The number of carboxylic acids is 1.